The molecular formula is C20H32ClN5O2. The lowest BCUT2D eigenvalue weighted by Crippen LogP contribution is -2.58. The maximum atomic E-state index is 12.7. The standard InChI is InChI=1S/C20H32ClN5O2/c1-14(2)15-13-25(10-11-26(15)19(27)28-20(3,4)5)18-22-16(21)12-17(23-18)24-8-6-7-9-24/h12,14-15H,6-11,13H2,1-5H3. The highest BCUT2D eigenvalue weighted by Crippen LogP contribution is 2.27. The van der Waals surface area contributed by atoms with Crippen molar-refractivity contribution in [3.8, 4) is 0 Å². The predicted molar refractivity (Wildman–Crippen MR) is 112 cm³/mol. The van der Waals surface area contributed by atoms with E-state index in [-0.39, 0.29) is 18.1 Å². The molecule has 3 rings (SSSR count). The molecule has 1 aromatic heterocycles. The van der Waals surface area contributed by atoms with Gasteiger partial charge in [0.05, 0.1) is 6.04 Å². The molecule has 2 aliphatic heterocycles. The minimum absolute atomic E-state index is 0.0291. The molecule has 0 N–H and O–H groups in total. The first-order valence-corrected chi connectivity index (χ1v) is 10.6. The lowest BCUT2D eigenvalue weighted by Gasteiger charge is -2.43. The monoisotopic (exact) mass is 409 g/mol. The van der Waals surface area contributed by atoms with Crippen LogP contribution in [0.3, 0.4) is 0 Å². The molecular weight excluding hydrogens is 378 g/mol. The number of rotatable bonds is 3. The molecule has 3 heterocycles. The number of amides is 1. The third kappa shape index (κ3) is 4.99. The first-order chi connectivity index (χ1) is 13.1. The second-order valence-corrected chi connectivity index (χ2v) is 9.36. The van der Waals surface area contributed by atoms with Crippen LogP contribution in [0.25, 0.3) is 0 Å². The van der Waals surface area contributed by atoms with Gasteiger partial charge in [-0.15, -0.1) is 0 Å². The number of halogens is 1. The van der Waals surface area contributed by atoms with Crippen molar-refractivity contribution in [1.82, 2.24) is 14.9 Å². The Balaban J connectivity index is 1.77. The fraction of sp³-hybridized carbons (Fsp3) is 0.750. The molecule has 1 atom stereocenters. The Morgan fingerprint density at radius 3 is 2.43 bits per heavy atom. The Labute approximate surface area is 173 Å². The number of aromatic nitrogens is 2. The van der Waals surface area contributed by atoms with E-state index >= 15 is 0 Å². The van der Waals surface area contributed by atoms with Crippen molar-refractivity contribution in [1.29, 1.82) is 0 Å². The number of carbonyl (C=O) groups excluding carboxylic acids is 1. The van der Waals surface area contributed by atoms with E-state index in [9.17, 15) is 4.79 Å². The number of anilines is 2. The summed E-state index contributed by atoms with van der Waals surface area (Å²) in [6.45, 7) is 13.8. The van der Waals surface area contributed by atoms with Gasteiger partial charge in [0, 0.05) is 38.8 Å². The number of piperazine rings is 1. The fourth-order valence-corrected chi connectivity index (χ4v) is 3.93. The van der Waals surface area contributed by atoms with E-state index < -0.39 is 5.60 Å². The zero-order chi connectivity index (χ0) is 20.5. The highest BCUT2D eigenvalue weighted by Gasteiger charge is 2.36. The number of nitrogens with zero attached hydrogens (tertiary/aromatic N) is 5. The number of carbonyl (C=O) groups is 1. The van der Waals surface area contributed by atoms with Crippen LogP contribution >= 0.6 is 11.6 Å². The molecule has 2 fully saturated rings. The third-order valence-electron chi connectivity index (χ3n) is 5.20. The van der Waals surface area contributed by atoms with Gasteiger partial charge in [0.1, 0.15) is 16.6 Å². The first-order valence-electron chi connectivity index (χ1n) is 10.2. The van der Waals surface area contributed by atoms with Crippen LogP contribution in [-0.2, 0) is 4.74 Å². The highest BCUT2D eigenvalue weighted by molar-refractivity contribution is 6.29. The summed E-state index contributed by atoms with van der Waals surface area (Å²) in [5.74, 6) is 1.82. The zero-order valence-corrected chi connectivity index (χ0v) is 18.4. The molecule has 0 bridgehead atoms. The quantitative estimate of drug-likeness (QED) is 0.707. The van der Waals surface area contributed by atoms with Crippen molar-refractivity contribution in [3.05, 3.63) is 11.2 Å². The maximum absolute atomic E-state index is 12.7. The van der Waals surface area contributed by atoms with Crippen LogP contribution in [0.5, 0.6) is 0 Å². The van der Waals surface area contributed by atoms with Crippen molar-refractivity contribution in [3.63, 3.8) is 0 Å². The topological polar surface area (TPSA) is 61.8 Å². The summed E-state index contributed by atoms with van der Waals surface area (Å²) < 4.78 is 5.61. The Bertz CT molecular complexity index is 700. The minimum Gasteiger partial charge on any atom is -0.444 e. The third-order valence-corrected chi connectivity index (χ3v) is 5.39. The normalized spacial score (nSPS) is 20.8. The van der Waals surface area contributed by atoms with Gasteiger partial charge >= 0.3 is 6.09 Å². The molecule has 1 amide bonds. The Morgan fingerprint density at radius 2 is 1.82 bits per heavy atom. The van der Waals surface area contributed by atoms with Crippen molar-refractivity contribution in [2.24, 2.45) is 5.92 Å². The molecule has 8 heteroatoms. The molecule has 0 spiro atoms. The van der Waals surface area contributed by atoms with E-state index in [1.54, 1.807) is 0 Å². The van der Waals surface area contributed by atoms with Gasteiger partial charge in [0.15, 0.2) is 0 Å². The van der Waals surface area contributed by atoms with Gasteiger partial charge in [-0.3, -0.25) is 0 Å². The molecule has 0 saturated carbocycles. The van der Waals surface area contributed by atoms with Crippen LogP contribution in [0.2, 0.25) is 5.15 Å². The second-order valence-electron chi connectivity index (χ2n) is 8.97. The summed E-state index contributed by atoms with van der Waals surface area (Å²) in [5.41, 5.74) is -0.504. The van der Waals surface area contributed by atoms with E-state index in [0.29, 0.717) is 30.7 Å². The van der Waals surface area contributed by atoms with Crippen LogP contribution in [0.4, 0.5) is 16.6 Å². The van der Waals surface area contributed by atoms with Gasteiger partial charge in [0.2, 0.25) is 5.95 Å². The second kappa shape index (κ2) is 8.31. The molecule has 0 aromatic carbocycles. The maximum Gasteiger partial charge on any atom is 0.410 e. The number of hydrogen-bond donors (Lipinski definition) is 0. The summed E-state index contributed by atoms with van der Waals surface area (Å²) >= 11 is 6.31. The lowest BCUT2D eigenvalue weighted by atomic mass is 10.00. The fourth-order valence-electron chi connectivity index (χ4n) is 3.75. The van der Waals surface area contributed by atoms with Gasteiger partial charge in [-0.05, 0) is 39.5 Å². The summed E-state index contributed by atoms with van der Waals surface area (Å²) in [6, 6.07) is 1.87. The van der Waals surface area contributed by atoms with Crippen molar-refractivity contribution in [2.75, 3.05) is 42.5 Å². The molecule has 0 radical (unpaired) electrons. The first kappa shape index (κ1) is 21.0. The molecule has 28 heavy (non-hydrogen) atoms. The average molecular weight is 410 g/mol. The van der Waals surface area contributed by atoms with Crippen LogP contribution in [-0.4, -0.2) is 65.3 Å². The highest BCUT2D eigenvalue weighted by atomic mass is 35.5. The molecule has 1 aromatic rings. The summed E-state index contributed by atoms with van der Waals surface area (Å²) in [6.07, 6.45) is 2.11. The molecule has 2 saturated heterocycles. The van der Waals surface area contributed by atoms with E-state index in [1.165, 1.54) is 12.8 Å². The van der Waals surface area contributed by atoms with Crippen molar-refractivity contribution >= 4 is 29.5 Å². The lowest BCUT2D eigenvalue weighted by molar-refractivity contribution is 0.00873. The molecule has 2 aliphatic rings. The number of hydrogen-bond acceptors (Lipinski definition) is 6. The van der Waals surface area contributed by atoms with Gasteiger partial charge in [-0.25, -0.2) is 9.78 Å². The van der Waals surface area contributed by atoms with Gasteiger partial charge < -0.3 is 19.4 Å². The molecule has 7 nitrogen and oxygen atoms in total. The molecule has 1 unspecified atom stereocenters. The van der Waals surface area contributed by atoms with Gasteiger partial charge in [-0.1, -0.05) is 25.4 Å². The van der Waals surface area contributed by atoms with Crippen LogP contribution in [0.15, 0.2) is 6.07 Å². The number of ether oxygens (including phenoxy) is 1. The van der Waals surface area contributed by atoms with E-state index in [0.717, 1.165) is 18.9 Å². The van der Waals surface area contributed by atoms with E-state index in [4.69, 9.17) is 21.3 Å². The van der Waals surface area contributed by atoms with E-state index in [1.807, 2.05) is 31.7 Å². The van der Waals surface area contributed by atoms with Crippen LogP contribution in [0.1, 0.15) is 47.5 Å². The zero-order valence-electron chi connectivity index (χ0n) is 17.6. The summed E-state index contributed by atoms with van der Waals surface area (Å²) in [7, 11) is 0. The van der Waals surface area contributed by atoms with Crippen LogP contribution < -0.4 is 9.80 Å². The Hall–Kier alpha value is -1.76. The smallest absolute Gasteiger partial charge is 0.410 e. The summed E-state index contributed by atoms with van der Waals surface area (Å²) in [5, 5.41) is 0.461. The van der Waals surface area contributed by atoms with E-state index in [2.05, 4.69) is 28.6 Å². The van der Waals surface area contributed by atoms with Crippen LogP contribution in [0, 0.1) is 5.92 Å². The predicted octanol–water partition coefficient (Wildman–Crippen LogP) is 3.81. The average Bonchev–Trinajstić information content (AvgIpc) is 3.14. The Morgan fingerprint density at radius 1 is 1.14 bits per heavy atom. The largest absolute Gasteiger partial charge is 0.444 e. The summed E-state index contributed by atoms with van der Waals surface area (Å²) in [4.78, 5) is 28.2. The van der Waals surface area contributed by atoms with Crippen molar-refractivity contribution in [2.45, 2.75) is 59.1 Å². The van der Waals surface area contributed by atoms with Gasteiger partial charge in [0.25, 0.3) is 0 Å². The van der Waals surface area contributed by atoms with Crippen molar-refractivity contribution < 1.29 is 9.53 Å². The SMILES string of the molecule is CC(C)C1CN(c2nc(Cl)cc(N3CCCC3)n2)CCN1C(=O)OC(C)(C)C. The molecule has 0 aliphatic carbocycles. The Kier molecular flexibility index (Phi) is 6.22. The van der Waals surface area contributed by atoms with Gasteiger partial charge in [-0.2, -0.15) is 4.98 Å². The molecule has 156 valence electrons. The minimum atomic E-state index is -0.504.